The van der Waals surface area contributed by atoms with Crippen LogP contribution in [0.4, 0.5) is 0 Å². The number of methoxy groups -OCH3 is 1. The zero-order valence-electron chi connectivity index (χ0n) is 9.95. The van der Waals surface area contributed by atoms with E-state index in [2.05, 4.69) is 29.8 Å². The molecule has 0 saturated carbocycles. The molecule has 0 spiro atoms. The zero-order chi connectivity index (χ0) is 11.4. The summed E-state index contributed by atoms with van der Waals surface area (Å²) in [6.07, 6.45) is 4.57. The van der Waals surface area contributed by atoms with Crippen molar-refractivity contribution in [3.05, 3.63) is 23.8 Å². The van der Waals surface area contributed by atoms with E-state index >= 15 is 0 Å². The molecule has 1 fully saturated rings. The fourth-order valence-corrected chi connectivity index (χ4v) is 3.09. The van der Waals surface area contributed by atoms with Crippen molar-refractivity contribution in [2.45, 2.75) is 23.7 Å². The average Bonchev–Trinajstić information content (AvgIpc) is 2.38. The first-order chi connectivity index (χ1) is 7.86. The molecule has 3 heteroatoms. The molecule has 1 aromatic rings. The van der Waals surface area contributed by atoms with Crippen LogP contribution in [0.15, 0.2) is 23.1 Å². The van der Waals surface area contributed by atoms with Crippen LogP contribution in [-0.2, 0) is 0 Å². The van der Waals surface area contributed by atoms with Gasteiger partial charge < -0.3 is 10.1 Å². The summed E-state index contributed by atoms with van der Waals surface area (Å²) in [5.41, 5.74) is 1.42. The maximum Gasteiger partial charge on any atom is 0.123 e. The Balaban J connectivity index is 2.34. The van der Waals surface area contributed by atoms with Gasteiger partial charge in [0.1, 0.15) is 5.75 Å². The smallest absolute Gasteiger partial charge is 0.123 e. The third-order valence-electron chi connectivity index (χ3n) is 3.21. The predicted molar refractivity (Wildman–Crippen MR) is 69.6 cm³/mol. The first-order valence-electron chi connectivity index (χ1n) is 5.78. The van der Waals surface area contributed by atoms with Crippen LogP contribution in [0.3, 0.4) is 0 Å². The number of piperidine rings is 1. The maximum absolute atomic E-state index is 5.51. The van der Waals surface area contributed by atoms with E-state index in [1.807, 2.05) is 11.8 Å². The van der Waals surface area contributed by atoms with E-state index in [9.17, 15) is 0 Å². The molecule has 1 N–H and O–H groups in total. The minimum atomic E-state index is 0.653. The van der Waals surface area contributed by atoms with Crippen LogP contribution in [0.5, 0.6) is 5.75 Å². The number of nitrogens with one attached hydrogen (secondary N) is 1. The molecule has 1 aliphatic heterocycles. The van der Waals surface area contributed by atoms with Crippen molar-refractivity contribution in [2.75, 3.05) is 26.5 Å². The Morgan fingerprint density at radius 2 is 2.06 bits per heavy atom. The summed E-state index contributed by atoms with van der Waals surface area (Å²) in [7, 11) is 1.77. The van der Waals surface area contributed by atoms with E-state index < -0.39 is 0 Å². The second kappa shape index (κ2) is 5.60. The molecule has 16 heavy (non-hydrogen) atoms. The van der Waals surface area contributed by atoms with Gasteiger partial charge in [-0.15, -0.1) is 11.8 Å². The topological polar surface area (TPSA) is 21.3 Å². The van der Waals surface area contributed by atoms with Gasteiger partial charge in [-0.3, -0.25) is 0 Å². The molecule has 0 aliphatic carbocycles. The lowest BCUT2D eigenvalue weighted by Crippen LogP contribution is -2.27. The quantitative estimate of drug-likeness (QED) is 0.817. The lowest BCUT2D eigenvalue weighted by atomic mass is 9.89. The Kier molecular flexibility index (Phi) is 4.13. The van der Waals surface area contributed by atoms with Crippen molar-refractivity contribution in [3.8, 4) is 5.75 Å². The molecule has 1 aliphatic rings. The van der Waals surface area contributed by atoms with Gasteiger partial charge in [-0.25, -0.2) is 0 Å². The second-order valence-electron chi connectivity index (χ2n) is 4.10. The molecule has 0 unspecified atom stereocenters. The van der Waals surface area contributed by atoms with Gasteiger partial charge >= 0.3 is 0 Å². The largest absolute Gasteiger partial charge is 0.496 e. The lowest BCUT2D eigenvalue weighted by molar-refractivity contribution is 0.388. The molecular formula is C13H19NOS. The molecule has 1 saturated heterocycles. The van der Waals surface area contributed by atoms with Gasteiger partial charge in [0.2, 0.25) is 0 Å². The summed E-state index contributed by atoms with van der Waals surface area (Å²) >= 11 is 1.82. The summed E-state index contributed by atoms with van der Waals surface area (Å²) in [6, 6.07) is 6.36. The zero-order valence-corrected chi connectivity index (χ0v) is 10.8. The minimum Gasteiger partial charge on any atom is -0.496 e. The number of benzene rings is 1. The molecule has 1 heterocycles. The lowest BCUT2D eigenvalue weighted by Gasteiger charge is -2.26. The van der Waals surface area contributed by atoms with E-state index in [4.69, 9.17) is 4.74 Å². The molecule has 1 aromatic carbocycles. The van der Waals surface area contributed by atoms with Gasteiger partial charge in [0.15, 0.2) is 0 Å². The van der Waals surface area contributed by atoms with Gasteiger partial charge in [-0.2, -0.15) is 0 Å². The summed E-state index contributed by atoms with van der Waals surface area (Å²) in [4.78, 5) is 1.37. The number of hydrogen-bond acceptors (Lipinski definition) is 3. The summed E-state index contributed by atoms with van der Waals surface area (Å²) < 4.78 is 5.51. The number of thioether (sulfide) groups is 1. The molecule has 0 atom stereocenters. The summed E-state index contributed by atoms with van der Waals surface area (Å²) in [5.74, 6) is 1.71. The number of rotatable bonds is 3. The third-order valence-corrected chi connectivity index (χ3v) is 4.01. The average molecular weight is 237 g/mol. The minimum absolute atomic E-state index is 0.653. The van der Waals surface area contributed by atoms with Gasteiger partial charge in [0, 0.05) is 10.5 Å². The molecule has 0 bridgehead atoms. The van der Waals surface area contributed by atoms with E-state index in [1.165, 1.54) is 23.3 Å². The highest BCUT2D eigenvalue weighted by Gasteiger charge is 2.21. The second-order valence-corrected chi connectivity index (χ2v) is 4.95. The summed E-state index contributed by atoms with van der Waals surface area (Å²) in [5, 5.41) is 3.41. The monoisotopic (exact) mass is 237 g/mol. The standard InChI is InChI=1S/C13H19NOS/c1-15-11-4-3-5-12(16-2)13(11)10-6-8-14-9-7-10/h3-5,10,14H,6-9H2,1-2H3. The van der Waals surface area contributed by atoms with Crippen LogP contribution < -0.4 is 10.1 Å². The fourth-order valence-electron chi connectivity index (χ4n) is 2.39. The molecule has 0 amide bonds. The Bertz CT molecular complexity index is 326. The molecule has 0 aromatic heterocycles. The highest BCUT2D eigenvalue weighted by Crippen LogP contribution is 2.38. The Morgan fingerprint density at radius 3 is 2.69 bits per heavy atom. The SMILES string of the molecule is COc1cccc(SC)c1C1CCNCC1. The van der Waals surface area contributed by atoms with Crippen molar-refractivity contribution in [3.63, 3.8) is 0 Å². The molecule has 2 rings (SSSR count). The van der Waals surface area contributed by atoms with Gasteiger partial charge in [-0.05, 0) is 50.2 Å². The van der Waals surface area contributed by atoms with Crippen molar-refractivity contribution in [2.24, 2.45) is 0 Å². The molecule has 2 nitrogen and oxygen atoms in total. The maximum atomic E-state index is 5.51. The fraction of sp³-hybridized carbons (Fsp3) is 0.538. The van der Waals surface area contributed by atoms with Crippen molar-refractivity contribution < 1.29 is 4.74 Å². The van der Waals surface area contributed by atoms with E-state index in [0.717, 1.165) is 18.8 Å². The van der Waals surface area contributed by atoms with Crippen molar-refractivity contribution >= 4 is 11.8 Å². The van der Waals surface area contributed by atoms with Gasteiger partial charge in [-0.1, -0.05) is 6.07 Å². The van der Waals surface area contributed by atoms with E-state index in [1.54, 1.807) is 7.11 Å². The normalized spacial score (nSPS) is 17.4. The highest BCUT2D eigenvalue weighted by molar-refractivity contribution is 7.98. The van der Waals surface area contributed by atoms with Crippen molar-refractivity contribution in [1.82, 2.24) is 5.32 Å². The van der Waals surface area contributed by atoms with Gasteiger partial charge in [0.05, 0.1) is 7.11 Å². The Labute approximate surface area is 102 Å². The molecule has 0 radical (unpaired) electrons. The number of hydrogen-bond donors (Lipinski definition) is 1. The Morgan fingerprint density at radius 1 is 1.31 bits per heavy atom. The first-order valence-corrected chi connectivity index (χ1v) is 7.01. The summed E-state index contributed by atoms with van der Waals surface area (Å²) in [6.45, 7) is 2.24. The van der Waals surface area contributed by atoms with Gasteiger partial charge in [0.25, 0.3) is 0 Å². The first kappa shape index (κ1) is 11.8. The highest BCUT2D eigenvalue weighted by atomic mass is 32.2. The Hall–Kier alpha value is -0.670. The predicted octanol–water partition coefficient (Wildman–Crippen LogP) is 2.88. The molecule has 88 valence electrons. The molecular weight excluding hydrogens is 218 g/mol. The van der Waals surface area contributed by atoms with Crippen LogP contribution in [0.25, 0.3) is 0 Å². The van der Waals surface area contributed by atoms with E-state index in [-0.39, 0.29) is 0 Å². The van der Waals surface area contributed by atoms with Crippen LogP contribution >= 0.6 is 11.8 Å². The number of ether oxygens (including phenoxy) is 1. The van der Waals surface area contributed by atoms with Crippen molar-refractivity contribution in [1.29, 1.82) is 0 Å². The van der Waals surface area contributed by atoms with Crippen LogP contribution in [0, 0.1) is 0 Å². The van der Waals surface area contributed by atoms with Crippen LogP contribution in [0.1, 0.15) is 24.3 Å². The van der Waals surface area contributed by atoms with Crippen LogP contribution in [0.2, 0.25) is 0 Å². The van der Waals surface area contributed by atoms with Crippen LogP contribution in [-0.4, -0.2) is 26.5 Å². The van der Waals surface area contributed by atoms with E-state index in [0.29, 0.717) is 5.92 Å². The third kappa shape index (κ3) is 2.36.